The van der Waals surface area contributed by atoms with Crippen LogP contribution >= 0.6 is 0 Å². The van der Waals surface area contributed by atoms with Gasteiger partial charge in [0.1, 0.15) is 5.75 Å². The summed E-state index contributed by atoms with van der Waals surface area (Å²) < 4.78 is 31.1. The Morgan fingerprint density at radius 1 is 1.16 bits per heavy atom. The van der Waals surface area contributed by atoms with Crippen molar-refractivity contribution in [2.45, 2.75) is 19.0 Å². The zero-order chi connectivity index (χ0) is 22.0. The Balaban J connectivity index is 1.67. The molecule has 2 aromatic carbocycles. The first-order valence-corrected chi connectivity index (χ1v) is 11.9. The van der Waals surface area contributed by atoms with Crippen molar-refractivity contribution in [2.24, 2.45) is 0 Å². The highest BCUT2D eigenvalue weighted by Gasteiger charge is 2.32. The lowest BCUT2D eigenvalue weighted by atomic mass is 10.1. The monoisotopic (exact) mass is 439 g/mol. The van der Waals surface area contributed by atoms with E-state index < -0.39 is 9.84 Å². The maximum Gasteiger partial charge on any atom is 0.274 e. The van der Waals surface area contributed by atoms with Crippen LogP contribution in [-0.4, -0.2) is 54.7 Å². The predicted molar refractivity (Wildman–Crippen MR) is 119 cm³/mol. The van der Waals surface area contributed by atoms with Crippen molar-refractivity contribution in [2.75, 3.05) is 25.7 Å². The molecule has 3 aromatic rings. The fourth-order valence-electron chi connectivity index (χ4n) is 3.85. The largest absolute Gasteiger partial charge is 0.497 e. The van der Waals surface area contributed by atoms with E-state index in [2.05, 4.69) is 5.10 Å². The van der Waals surface area contributed by atoms with Crippen molar-refractivity contribution in [1.82, 2.24) is 14.7 Å². The molecule has 1 fully saturated rings. The second-order valence-corrected chi connectivity index (χ2v) is 10.0. The number of methoxy groups -OCH3 is 1. The molecule has 31 heavy (non-hydrogen) atoms. The Labute approximate surface area is 182 Å². The number of ether oxygens (including phenoxy) is 1. The van der Waals surface area contributed by atoms with E-state index >= 15 is 0 Å². The summed E-state index contributed by atoms with van der Waals surface area (Å²) in [4.78, 5) is 14.7. The van der Waals surface area contributed by atoms with Gasteiger partial charge in [-0.1, -0.05) is 30.3 Å². The summed E-state index contributed by atoms with van der Waals surface area (Å²) in [5.41, 5.74) is 2.90. The highest BCUT2D eigenvalue weighted by Crippen LogP contribution is 2.31. The van der Waals surface area contributed by atoms with Crippen LogP contribution in [0.15, 0.2) is 60.7 Å². The van der Waals surface area contributed by atoms with Crippen LogP contribution in [-0.2, 0) is 16.4 Å². The average Bonchev–Trinajstić information content (AvgIpc) is 3.37. The van der Waals surface area contributed by atoms with Crippen LogP contribution < -0.4 is 4.74 Å². The molecule has 0 N–H and O–H groups in total. The van der Waals surface area contributed by atoms with Gasteiger partial charge in [-0.2, -0.15) is 5.10 Å². The van der Waals surface area contributed by atoms with Crippen LogP contribution in [0.25, 0.3) is 11.3 Å². The summed E-state index contributed by atoms with van der Waals surface area (Å²) in [5.74, 6) is 0.678. The topological polar surface area (TPSA) is 81.5 Å². The molecule has 1 aliphatic heterocycles. The van der Waals surface area contributed by atoms with Gasteiger partial charge in [0.15, 0.2) is 15.5 Å². The van der Waals surface area contributed by atoms with Crippen LogP contribution in [0.3, 0.4) is 0 Å². The van der Waals surface area contributed by atoms with Crippen molar-refractivity contribution in [3.63, 3.8) is 0 Å². The second kappa shape index (κ2) is 8.55. The van der Waals surface area contributed by atoms with Gasteiger partial charge in [-0.3, -0.25) is 9.48 Å². The highest BCUT2D eigenvalue weighted by atomic mass is 32.2. The number of hydrogen-bond acceptors (Lipinski definition) is 5. The number of benzene rings is 2. The van der Waals surface area contributed by atoms with E-state index in [9.17, 15) is 13.2 Å². The molecule has 1 aromatic heterocycles. The van der Waals surface area contributed by atoms with Crippen LogP contribution in [0, 0.1) is 0 Å². The van der Waals surface area contributed by atoms with E-state index in [0.717, 1.165) is 22.6 Å². The lowest BCUT2D eigenvalue weighted by Gasteiger charge is -2.16. The van der Waals surface area contributed by atoms with Crippen molar-refractivity contribution < 1.29 is 17.9 Å². The van der Waals surface area contributed by atoms with Crippen LogP contribution in [0.4, 0.5) is 0 Å². The number of nitrogens with zero attached hydrogens (tertiary/aromatic N) is 3. The maximum atomic E-state index is 13.1. The third kappa shape index (κ3) is 4.64. The first-order valence-electron chi connectivity index (χ1n) is 10.1. The minimum absolute atomic E-state index is 0.0331. The number of amides is 1. The number of carbonyl (C=O) groups is 1. The van der Waals surface area contributed by atoms with Gasteiger partial charge in [0, 0.05) is 19.2 Å². The van der Waals surface area contributed by atoms with E-state index in [1.165, 1.54) is 0 Å². The number of rotatable bonds is 6. The van der Waals surface area contributed by atoms with E-state index in [1.54, 1.807) is 29.8 Å². The number of aromatic nitrogens is 2. The molecular formula is C23H25N3O4S. The second-order valence-electron chi connectivity index (χ2n) is 7.79. The number of hydrogen-bond donors (Lipinski definition) is 0. The molecule has 0 radical (unpaired) electrons. The third-order valence-electron chi connectivity index (χ3n) is 5.50. The normalized spacial score (nSPS) is 17.4. The SMILES string of the molecule is COc1ccc(-c2cc(C(=O)N(C)Cc3ccccc3)nn2[C@H]2CCS(=O)(=O)C2)cc1. The molecule has 1 aliphatic rings. The smallest absolute Gasteiger partial charge is 0.274 e. The molecule has 8 heteroatoms. The summed E-state index contributed by atoms with van der Waals surface area (Å²) in [7, 11) is 0.239. The van der Waals surface area contributed by atoms with Crippen LogP contribution in [0.2, 0.25) is 0 Å². The minimum Gasteiger partial charge on any atom is -0.497 e. The molecule has 4 rings (SSSR count). The molecular weight excluding hydrogens is 414 g/mol. The molecule has 0 saturated carbocycles. The van der Waals surface area contributed by atoms with Gasteiger partial charge in [-0.15, -0.1) is 0 Å². The number of carbonyl (C=O) groups excluding carboxylic acids is 1. The van der Waals surface area contributed by atoms with Crippen LogP contribution in [0.5, 0.6) is 5.75 Å². The van der Waals surface area contributed by atoms with E-state index in [0.29, 0.717) is 18.7 Å². The van der Waals surface area contributed by atoms with Crippen molar-refractivity contribution in [3.8, 4) is 17.0 Å². The van der Waals surface area contributed by atoms with Gasteiger partial charge in [0.2, 0.25) is 0 Å². The Morgan fingerprint density at radius 3 is 2.48 bits per heavy atom. The molecule has 1 saturated heterocycles. The Kier molecular flexibility index (Phi) is 5.82. The highest BCUT2D eigenvalue weighted by molar-refractivity contribution is 7.91. The van der Waals surface area contributed by atoms with Gasteiger partial charge in [-0.25, -0.2) is 8.42 Å². The Hall–Kier alpha value is -3.13. The predicted octanol–water partition coefficient (Wildman–Crippen LogP) is 3.19. The lowest BCUT2D eigenvalue weighted by molar-refractivity contribution is 0.0778. The first kappa shape index (κ1) is 21.1. The van der Waals surface area contributed by atoms with E-state index in [-0.39, 0.29) is 23.5 Å². The number of sulfone groups is 1. The molecule has 0 aliphatic carbocycles. The minimum atomic E-state index is -3.10. The van der Waals surface area contributed by atoms with E-state index in [1.807, 2.05) is 54.6 Å². The zero-order valence-electron chi connectivity index (χ0n) is 17.6. The zero-order valence-corrected chi connectivity index (χ0v) is 18.4. The molecule has 1 amide bonds. The third-order valence-corrected chi connectivity index (χ3v) is 7.25. The molecule has 0 spiro atoms. The summed E-state index contributed by atoms with van der Waals surface area (Å²) in [6.45, 7) is 0.461. The van der Waals surface area contributed by atoms with Gasteiger partial charge in [0.05, 0.1) is 30.4 Å². The van der Waals surface area contributed by atoms with Crippen molar-refractivity contribution in [1.29, 1.82) is 0 Å². The Bertz CT molecular complexity index is 1170. The van der Waals surface area contributed by atoms with Gasteiger partial charge < -0.3 is 9.64 Å². The van der Waals surface area contributed by atoms with Crippen molar-refractivity contribution >= 4 is 15.7 Å². The summed E-state index contributed by atoms with van der Waals surface area (Å²) in [6.07, 6.45) is 0.487. The quantitative estimate of drug-likeness (QED) is 0.589. The summed E-state index contributed by atoms with van der Waals surface area (Å²) in [6, 6.07) is 18.6. The van der Waals surface area contributed by atoms with Gasteiger partial charge in [0.25, 0.3) is 5.91 Å². The molecule has 0 unspecified atom stereocenters. The fraction of sp³-hybridized carbons (Fsp3) is 0.304. The lowest BCUT2D eigenvalue weighted by Crippen LogP contribution is -2.27. The first-order chi connectivity index (χ1) is 14.9. The van der Waals surface area contributed by atoms with E-state index in [4.69, 9.17) is 4.74 Å². The molecule has 0 bridgehead atoms. The summed E-state index contributed by atoms with van der Waals surface area (Å²) >= 11 is 0. The standard InChI is InChI=1S/C23H25N3O4S/c1-25(15-17-6-4-3-5-7-17)23(27)21-14-22(18-8-10-20(30-2)11-9-18)26(24-21)19-12-13-31(28,29)16-19/h3-11,14,19H,12-13,15-16H2,1-2H3/t19-/m0/s1. The Morgan fingerprint density at radius 2 is 1.87 bits per heavy atom. The fourth-order valence-corrected chi connectivity index (χ4v) is 5.54. The molecule has 162 valence electrons. The molecule has 2 heterocycles. The van der Waals surface area contributed by atoms with Gasteiger partial charge in [-0.05, 0) is 42.3 Å². The summed E-state index contributed by atoms with van der Waals surface area (Å²) in [5, 5.41) is 4.57. The molecule has 1 atom stereocenters. The average molecular weight is 440 g/mol. The maximum absolute atomic E-state index is 13.1. The van der Waals surface area contributed by atoms with Crippen molar-refractivity contribution in [3.05, 3.63) is 71.9 Å². The molecule has 7 nitrogen and oxygen atoms in total. The van der Waals surface area contributed by atoms with Gasteiger partial charge >= 0.3 is 0 Å². The van der Waals surface area contributed by atoms with Crippen LogP contribution in [0.1, 0.15) is 28.5 Å².